The maximum absolute atomic E-state index is 12.0. The molecule has 4 nitrogen and oxygen atoms in total. The first-order chi connectivity index (χ1) is 10.1. The van der Waals surface area contributed by atoms with Crippen molar-refractivity contribution >= 4 is 17.7 Å². The predicted molar refractivity (Wildman–Crippen MR) is 86.1 cm³/mol. The molecule has 2 N–H and O–H groups in total. The Morgan fingerprint density at radius 1 is 1.24 bits per heavy atom. The lowest BCUT2D eigenvalue weighted by Crippen LogP contribution is -2.30. The molecule has 0 fully saturated rings. The van der Waals surface area contributed by atoms with Gasteiger partial charge in [-0.25, -0.2) is 0 Å². The summed E-state index contributed by atoms with van der Waals surface area (Å²) < 4.78 is 0. The zero-order valence-electron chi connectivity index (χ0n) is 11.8. The normalized spacial score (nSPS) is 11.9. The molecule has 5 heteroatoms. The second-order valence-corrected chi connectivity index (χ2v) is 6.05. The van der Waals surface area contributed by atoms with E-state index in [1.165, 1.54) is 11.6 Å². The third-order valence-corrected chi connectivity index (χ3v) is 4.23. The van der Waals surface area contributed by atoms with Gasteiger partial charge < -0.3 is 10.3 Å². The monoisotopic (exact) mass is 302 g/mol. The maximum Gasteiger partial charge on any atom is 0.248 e. The summed E-state index contributed by atoms with van der Waals surface area (Å²) in [5, 5.41) is 2.72. The molecule has 0 spiro atoms. The summed E-state index contributed by atoms with van der Waals surface area (Å²) in [5.41, 5.74) is 1.84. The number of benzene rings is 1. The van der Waals surface area contributed by atoms with Crippen molar-refractivity contribution in [2.75, 3.05) is 0 Å². The van der Waals surface area contributed by atoms with Crippen LogP contribution in [0.5, 0.6) is 0 Å². The number of aromatic amines is 1. The number of pyridine rings is 1. The van der Waals surface area contributed by atoms with Crippen LogP contribution in [0, 0.1) is 0 Å². The average molecular weight is 302 g/mol. The van der Waals surface area contributed by atoms with Gasteiger partial charge in [-0.1, -0.05) is 30.3 Å². The second-order valence-electron chi connectivity index (χ2n) is 4.72. The van der Waals surface area contributed by atoms with Crippen LogP contribution < -0.4 is 10.9 Å². The molecule has 1 amide bonds. The molecule has 0 aliphatic carbocycles. The fourth-order valence-electron chi connectivity index (χ4n) is 1.80. The highest BCUT2D eigenvalue weighted by Crippen LogP contribution is 2.17. The molecule has 0 bridgehead atoms. The van der Waals surface area contributed by atoms with Gasteiger partial charge in [0.05, 0.1) is 5.25 Å². The third-order valence-electron chi connectivity index (χ3n) is 3.02. The predicted octanol–water partition coefficient (Wildman–Crippen LogP) is 2.31. The number of hydrogen-bond donors (Lipinski definition) is 2. The molecule has 21 heavy (non-hydrogen) atoms. The first-order valence-electron chi connectivity index (χ1n) is 6.76. The lowest BCUT2D eigenvalue weighted by molar-refractivity contribution is -0.120. The van der Waals surface area contributed by atoms with Gasteiger partial charge in [-0.2, -0.15) is 0 Å². The van der Waals surface area contributed by atoms with Gasteiger partial charge in [-0.05, 0) is 24.1 Å². The Morgan fingerprint density at radius 2 is 2.00 bits per heavy atom. The van der Waals surface area contributed by atoms with Crippen LogP contribution in [-0.4, -0.2) is 16.1 Å². The maximum atomic E-state index is 12.0. The van der Waals surface area contributed by atoms with Gasteiger partial charge in [0.25, 0.3) is 0 Å². The number of carbonyl (C=O) groups excluding carboxylic acids is 1. The molecule has 110 valence electrons. The Labute approximate surface area is 128 Å². The molecule has 1 aromatic carbocycles. The minimum atomic E-state index is -0.159. The van der Waals surface area contributed by atoms with Crippen molar-refractivity contribution < 1.29 is 4.79 Å². The molecule has 0 aliphatic heterocycles. The van der Waals surface area contributed by atoms with E-state index in [-0.39, 0.29) is 16.7 Å². The third kappa shape index (κ3) is 5.11. The highest BCUT2D eigenvalue weighted by atomic mass is 32.2. The van der Waals surface area contributed by atoms with Crippen LogP contribution in [-0.2, 0) is 17.1 Å². The molecule has 1 aromatic heterocycles. The number of carbonyl (C=O) groups is 1. The molecule has 2 aromatic rings. The lowest BCUT2D eigenvalue weighted by atomic mass is 10.2. The van der Waals surface area contributed by atoms with Crippen LogP contribution in [0.3, 0.4) is 0 Å². The summed E-state index contributed by atoms with van der Waals surface area (Å²) in [6.07, 6.45) is 1.58. The van der Waals surface area contributed by atoms with Gasteiger partial charge in [-0.15, -0.1) is 11.8 Å². The summed E-state index contributed by atoms with van der Waals surface area (Å²) in [7, 11) is 0. The van der Waals surface area contributed by atoms with Gasteiger partial charge in [0.15, 0.2) is 0 Å². The summed E-state index contributed by atoms with van der Waals surface area (Å²) in [4.78, 5) is 25.7. The number of thioether (sulfide) groups is 1. The van der Waals surface area contributed by atoms with Crippen LogP contribution in [0.25, 0.3) is 0 Å². The molecule has 1 heterocycles. The van der Waals surface area contributed by atoms with Crippen LogP contribution in [0.4, 0.5) is 0 Å². The largest absolute Gasteiger partial charge is 0.351 e. The smallest absolute Gasteiger partial charge is 0.248 e. The van der Waals surface area contributed by atoms with Crippen molar-refractivity contribution in [2.45, 2.75) is 24.5 Å². The highest BCUT2D eigenvalue weighted by molar-refractivity contribution is 7.99. The van der Waals surface area contributed by atoms with E-state index in [9.17, 15) is 9.59 Å². The fourth-order valence-corrected chi connectivity index (χ4v) is 2.67. The van der Waals surface area contributed by atoms with Gasteiger partial charge in [0, 0.05) is 24.6 Å². The Hall–Kier alpha value is -2.01. The Balaban J connectivity index is 1.78. The van der Waals surface area contributed by atoms with Crippen molar-refractivity contribution in [3.63, 3.8) is 0 Å². The molecule has 0 saturated heterocycles. The van der Waals surface area contributed by atoms with E-state index >= 15 is 0 Å². The van der Waals surface area contributed by atoms with E-state index in [1.807, 2.05) is 37.3 Å². The van der Waals surface area contributed by atoms with Crippen LogP contribution in [0.1, 0.15) is 18.1 Å². The van der Waals surface area contributed by atoms with Crippen molar-refractivity contribution in [2.24, 2.45) is 0 Å². The Morgan fingerprint density at radius 3 is 2.71 bits per heavy atom. The summed E-state index contributed by atoms with van der Waals surface area (Å²) >= 11 is 1.60. The zero-order chi connectivity index (χ0) is 15.1. The Bertz CT molecular complexity index is 640. The van der Waals surface area contributed by atoms with Crippen LogP contribution in [0.2, 0.25) is 0 Å². The van der Waals surface area contributed by atoms with Gasteiger partial charge in [0.1, 0.15) is 0 Å². The quantitative estimate of drug-likeness (QED) is 0.861. The van der Waals surface area contributed by atoms with E-state index in [0.29, 0.717) is 6.54 Å². The molecular formula is C16H18N2O2S. The Kier molecular flexibility index (Phi) is 5.63. The van der Waals surface area contributed by atoms with Crippen molar-refractivity contribution in [1.29, 1.82) is 0 Å². The zero-order valence-corrected chi connectivity index (χ0v) is 12.7. The molecule has 0 radical (unpaired) electrons. The molecule has 0 aliphatic rings. The standard InChI is InChI=1S/C16H18N2O2S/c1-12(21-11-13-5-3-2-4-6-13)16(20)18-10-14-7-8-17-15(19)9-14/h2-9,12H,10-11H2,1H3,(H,17,19)(H,18,20)/t12-/m1/s1. The topological polar surface area (TPSA) is 62.0 Å². The fraction of sp³-hybridized carbons (Fsp3) is 0.250. The second kappa shape index (κ2) is 7.69. The molecule has 1 atom stereocenters. The summed E-state index contributed by atoms with van der Waals surface area (Å²) in [6, 6.07) is 13.3. The van der Waals surface area contributed by atoms with E-state index < -0.39 is 0 Å². The van der Waals surface area contributed by atoms with Gasteiger partial charge in [-0.3, -0.25) is 9.59 Å². The van der Waals surface area contributed by atoms with Gasteiger partial charge in [0.2, 0.25) is 11.5 Å². The van der Waals surface area contributed by atoms with E-state index in [0.717, 1.165) is 11.3 Å². The number of aromatic nitrogens is 1. The number of nitrogens with one attached hydrogen (secondary N) is 2. The first-order valence-corrected chi connectivity index (χ1v) is 7.81. The number of rotatable bonds is 6. The molecule has 2 rings (SSSR count). The van der Waals surface area contributed by atoms with E-state index in [1.54, 1.807) is 24.0 Å². The molecule has 0 saturated carbocycles. The summed E-state index contributed by atoms with van der Waals surface area (Å²) in [5.74, 6) is 0.789. The highest BCUT2D eigenvalue weighted by Gasteiger charge is 2.12. The van der Waals surface area contributed by atoms with E-state index in [4.69, 9.17) is 0 Å². The van der Waals surface area contributed by atoms with Crippen molar-refractivity contribution in [3.05, 3.63) is 70.1 Å². The van der Waals surface area contributed by atoms with Crippen LogP contribution >= 0.6 is 11.8 Å². The van der Waals surface area contributed by atoms with E-state index in [2.05, 4.69) is 10.3 Å². The first kappa shape index (κ1) is 15.4. The average Bonchev–Trinajstić information content (AvgIpc) is 2.51. The number of amides is 1. The van der Waals surface area contributed by atoms with Crippen LogP contribution in [0.15, 0.2) is 53.5 Å². The minimum Gasteiger partial charge on any atom is -0.351 e. The SMILES string of the molecule is C[C@@H](SCc1ccccc1)C(=O)NCc1cc[nH]c(=O)c1. The molecule has 0 unspecified atom stereocenters. The lowest BCUT2D eigenvalue weighted by Gasteiger charge is -2.12. The number of hydrogen-bond acceptors (Lipinski definition) is 3. The minimum absolute atomic E-state index is 0.0174. The summed E-state index contributed by atoms with van der Waals surface area (Å²) in [6.45, 7) is 2.26. The van der Waals surface area contributed by atoms with Crippen molar-refractivity contribution in [3.8, 4) is 0 Å². The van der Waals surface area contributed by atoms with Crippen molar-refractivity contribution in [1.82, 2.24) is 10.3 Å². The van der Waals surface area contributed by atoms with Gasteiger partial charge >= 0.3 is 0 Å². The number of H-pyrrole nitrogens is 1. The molecular weight excluding hydrogens is 284 g/mol.